The third kappa shape index (κ3) is 4.40. The van der Waals surface area contributed by atoms with E-state index in [0.29, 0.717) is 4.47 Å². The number of hydrogen-bond donors (Lipinski definition) is 2. The molecule has 19 heavy (non-hydrogen) atoms. The molecule has 1 rings (SSSR count). The number of nitrogens with one attached hydrogen (secondary N) is 1. The van der Waals surface area contributed by atoms with Gasteiger partial charge in [0.05, 0.1) is 20.7 Å². The first kappa shape index (κ1) is 15.8. The Morgan fingerprint density at radius 1 is 1.37 bits per heavy atom. The van der Waals surface area contributed by atoms with Crippen LogP contribution in [0.2, 0.25) is 5.02 Å². The topological polar surface area (TPSA) is 75.6 Å². The molecule has 0 bridgehead atoms. The maximum Gasteiger partial charge on any atom is 0.412 e. The molecule has 0 heterocycles. The fraction of sp³-hybridized carbons (Fsp3) is 0.333. The van der Waals surface area contributed by atoms with E-state index in [1.807, 2.05) is 0 Å². The Hall–Kier alpha value is -1.27. The van der Waals surface area contributed by atoms with E-state index in [-0.39, 0.29) is 16.3 Å². The molecule has 0 aliphatic carbocycles. The van der Waals surface area contributed by atoms with Crippen LogP contribution in [0.15, 0.2) is 16.6 Å². The molecule has 0 aromatic heterocycles. The maximum atomic E-state index is 11.7. The van der Waals surface area contributed by atoms with E-state index in [1.165, 1.54) is 12.1 Å². The first-order valence-corrected chi connectivity index (χ1v) is 6.50. The van der Waals surface area contributed by atoms with Crippen molar-refractivity contribution in [3.63, 3.8) is 0 Å². The molecule has 0 radical (unpaired) electrons. The number of aromatic carboxylic acids is 1. The number of carbonyl (C=O) groups is 2. The summed E-state index contributed by atoms with van der Waals surface area (Å²) in [5, 5.41) is 11.7. The minimum Gasteiger partial charge on any atom is -0.478 e. The molecule has 0 spiro atoms. The number of hydrogen-bond acceptors (Lipinski definition) is 3. The number of amides is 1. The van der Waals surface area contributed by atoms with Crippen LogP contribution in [0.1, 0.15) is 31.1 Å². The average molecular weight is 351 g/mol. The summed E-state index contributed by atoms with van der Waals surface area (Å²) in [7, 11) is 0. The van der Waals surface area contributed by atoms with Crippen LogP contribution >= 0.6 is 27.5 Å². The van der Waals surface area contributed by atoms with Crippen molar-refractivity contribution in [1.29, 1.82) is 0 Å². The van der Waals surface area contributed by atoms with Crippen molar-refractivity contribution in [3.8, 4) is 0 Å². The van der Waals surface area contributed by atoms with Crippen molar-refractivity contribution in [1.82, 2.24) is 0 Å². The fourth-order valence-corrected chi connectivity index (χ4v) is 1.86. The lowest BCUT2D eigenvalue weighted by Gasteiger charge is -2.20. The molecule has 1 aromatic rings. The molecule has 1 amide bonds. The van der Waals surface area contributed by atoms with Gasteiger partial charge < -0.3 is 9.84 Å². The van der Waals surface area contributed by atoms with Gasteiger partial charge in [0.15, 0.2) is 0 Å². The Bertz CT molecular complexity index is 525. The van der Waals surface area contributed by atoms with E-state index in [9.17, 15) is 9.59 Å². The minimum absolute atomic E-state index is 0.0641. The van der Waals surface area contributed by atoms with E-state index in [0.717, 1.165) is 0 Å². The second-order valence-corrected chi connectivity index (χ2v) is 5.92. The number of halogens is 2. The summed E-state index contributed by atoms with van der Waals surface area (Å²) in [4.78, 5) is 22.8. The number of benzene rings is 1. The Morgan fingerprint density at radius 3 is 2.42 bits per heavy atom. The highest BCUT2D eigenvalue weighted by Gasteiger charge is 2.21. The number of ether oxygens (including phenoxy) is 1. The highest BCUT2D eigenvalue weighted by atomic mass is 79.9. The first-order valence-electron chi connectivity index (χ1n) is 5.33. The van der Waals surface area contributed by atoms with Gasteiger partial charge in [0.25, 0.3) is 0 Å². The van der Waals surface area contributed by atoms with Crippen LogP contribution in [0.5, 0.6) is 0 Å². The molecule has 2 N–H and O–H groups in total. The second-order valence-electron chi connectivity index (χ2n) is 4.72. The zero-order valence-electron chi connectivity index (χ0n) is 10.6. The van der Waals surface area contributed by atoms with Crippen LogP contribution in [-0.2, 0) is 4.74 Å². The Labute approximate surface area is 124 Å². The molecule has 0 saturated carbocycles. The molecule has 0 unspecified atom stereocenters. The van der Waals surface area contributed by atoms with Crippen molar-refractivity contribution in [2.45, 2.75) is 26.4 Å². The number of rotatable bonds is 2. The lowest BCUT2D eigenvalue weighted by Crippen LogP contribution is -2.28. The summed E-state index contributed by atoms with van der Waals surface area (Å²) >= 11 is 9.02. The lowest BCUT2D eigenvalue weighted by molar-refractivity contribution is 0.0636. The van der Waals surface area contributed by atoms with Crippen LogP contribution in [0.4, 0.5) is 10.5 Å². The van der Waals surface area contributed by atoms with Crippen LogP contribution in [0.3, 0.4) is 0 Å². The molecule has 0 aliphatic heterocycles. The van der Waals surface area contributed by atoms with E-state index >= 15 is 0 Å². The van der Waals surface area contributed by atoms with Gasteiger partial charge >= 0.3 is 12.1 Å². The standard InChI is InChI=1S/C12H13BrClNO4/c1-12(2,3)19-11(18)15-9-6(10(16)17)4-5-7(14)8(9)13/h4-5H,1-3H3,(H,15,18)(H,16,17). The van der Waals surface area contributed by atoms with E-state index in [1.54, 1.807) is 20.8 Å². The van der Waals surface area contributed by atoms with Crippen molar-refractivity contribution >= 4 is 45.3 Å². The van der Waals surface area contributed by atoms with Crippen molar-refractivity contribution in [2.24, 2.45) is 0 Å². The van der Waals surface area contributed by atoms with Gasteiger partial charge in [-0.2, -0.15) is 0 Å². The lowest BCUT2D eigenvalue weighted by atomic mass is 10.2. The van der Waals surface area contributed by atoms with Crippen LogP contribution in [0.25, 0.3) is 0 Å². The predicted octanol–water partition coefficient (Wildman–Crippen LogP) is 4.15. The Balaban J connectivity index is 3.09. The molecule has 104 valence electrons. The monoisotopic (exact) mass is 349 g/mol. The van der Waals surface area contributed by atoms with E-state index in [4.69, 9.17) is 21.4 Å². The fourth-order valence-electron chi connectivity index (χ4n) is 1.26. The van der Waals surface area contributed by atoms with Gasteiger partial charge in [-0.25, -0.2) is 9.59 Å². The normalized spacial score (nSPS) is 11.0. The van der Waals surface area contributed by atoms with E-state index in [2.05, 4.69) is 21.2 Å². The van der Waals surface area contributed by atoms with Gasteiger partial charge in [0.2, 0.25) is 0 Å². The molecular formula is C12H13BrClNO4. The zero-order chi connectivity index (χ0) is 14.8. The SMILES string of the molecule is CC(C)(C)OC(=O)Nc1c(C(=O)O)ccc(Cl)c1Br. The van der Waals surface area contributed by atoms with Gasteiger partial charge in [-0.3, -0.25) is 5.32 Å². The highest BCUT2D eigenvalue weighted by molar-refractivity contribution is 9.10. The Kier molecular flexibility index (Phi) is 4.81. The molecule has 5 nitrogen and oxygen atoms in total. The predicted molar refractivity (Wildman–Crippen MR) is 76.0 cm³/mol. The van der Waals surface area contributed by atoms with Gasteiger partial charge in [0.1, 0.15) is 5.60 Å². The molecule has 0 fully saturated rings. The first-order chi connectivity index (χ1) is 8.61. The van der Waals surface area contributed by atoms with Crippen molar-refractivity contribution in [3.05, 3.63) is 27.2 Å². The molecule has 0 atom stereocenters. The quantitative estimate of drug-likeness (QED) is 0.840. The van der Waals surface area contributed by atoms with Crippen LogP contribution in [-0.4, -0.2) is 22.8 Å². The van der Waals surface area contributed by atoms with Crippen LogP contribution in [0, 0.1) is 0 Å². The van der Waals surface area contributed by atoms with Gasteiger partial charge in [-0.1, -0.05) is 11.6 Å². The molecular weight excluding hydrogens is 337 g/mol. The van der Waals surface area contributed by atoms with Crippen molar-refractivity contribution < 1.29 is 19.4 Å². The summed E-state index contributed by atoms with van der Waals surface area (Å²) < 4.78 is 5.36. The smallest absolute Gasteiger partial charge is 0.412 e. The third-order valence-electron chi connectivity index (χ3n) is 1.95. The highest BCUT2D eigenvalue weighted by Crippen LogP contribution is 2.33. The summed E-state index contributed by atoms with van der Waals surface area (Å²) in [6, 6.07) is 2.73. The Morgan fingerprint density at radius 2 is 1.95 bits per heavy atom. The molecule has 7 heteroatoms. The number of carboxylic acid groups (broad SMARTS) is 1. The number of carbonyl (C=O) groups excluding carboxylic acids is 1. The van der Waals surface area contributed by atoms with Gasteiger partial charge in [-0.15, -0.1) is 0 Å². The zero-order valence-corrected chi connectivity index (χ0v) is 12.9. The molecule has 1 aromatic carbocycles. The minimum atomic E-state index is -1.18. The number of carboxylic acids is 1. The largest absolute Gasteiger partial charge is 0.478 e. The maximum absolute atomic E-state index is 11.7. The van der Waals surface area contributed by atoms with Crippen molar-refractivity contribution in [2.75, 3.05) is 5.32 Å². The van der Waals surface area contributed by atoms with Gasteiger partial charge in [0, 0.05) is 0 Å². The summed E-state index contributed by atoms with van der Waals surface area (Å²) in [5.41, 5.74) is -0.699. The third-order valence-corrected chi connectivity index (χ3v) is 3.32. The summed E-state index contributed by atoms with van der Waals surface area (Å²) in [6.07, 6.45) is -0.752. The average Bonchev–Trinajstić information content (AvgIpc) is 2.21. The summed E-state index contributed by atoms with van der Waals surface area (Å²) in [6.45, 7) is 5.12. The van der Waals surface area contributed by atoms with Crippen LogP contribution < -0.4 is 5.32 Å². The van der Waals surface area contributed by atoms with Gasteiger partial charge in [-0.05, 0) is 48.8 Å². The summed E-state index contributed by atoms with van der Waals surface area (Å²) in [5.74, 6) is -1.18. The molecule has 0 saturated heterocycles. The molecule has 0 aliphatic rings. The van der Waals surface area contributed by atoms with E-state index < -0.39 is 17.7 Å². The second kappa shape index (κ2) is 5.79. The number of anilines is 1.